The molecule has 1 aromatic heterocycles. The molecule has 1 atom stereocenters. The van der Waals surface area contributed by atoms with Gasteiger partial charge >= 0.3 is 0 Å². The van der Waals surface area contributed by atoms with Crippen molar-refractivity contribution in [1.29, 1.82) is 0 Å². The standard InChI is InChI=1S/C20H30N4O3S/c1-14(2)17-7-6-12-24(17)20(25)11-10-19-21-16-13-15(28(26,27)22(3)4)8-9-18(16)23(19)5/h8-9,13-14,17H,6-7,10-12H2,1-5H3. The summed E-state index contributed by atoms with van der Waals surface area (Å²) in [4.78, 5) is 19.6. The molecule has 1 saturated heterocycles. The van der Waals surface area contributed by atoms with Gasteiger partial charge < -0.3 is 9.47 Å². The van der Waals surface area contributed by atoms with Crippen LogP contribution in [0.25, 0.3) is 11.0 Å². The number of sulfonamides is 1. The second-order valence-electron chi connectivity index (χ2n) is 8.07. The van der Waals surface area contributed by atoms with Crippen LogP contribution < -0.4 is 0 Å². The largest absolute Gasteiger partial charge is 0.339 e. The number of carbonyl (C=O) groups excluding carboxylic acids is 1. The normalized spacial score (nSPS) is 18.0. The number of aryl methyl sites for hydroxylation is 2. The van der Waals surface area contributed by atoms with Crippen LogP contribution in [0.3, 0.4) is 0 Å². The molecule has 2 aromatic rings. The van der Waals surface area contributed by atoms with E-state index in [2.05, 4.69) is 18.8 Å². The lowest BCUT2D eigenvalue weighted by Crippen LogP contribution is -2.38. The Bertz CT molecular complexity index is 979. The van der Waals surface area contributed by atoms with Crippen LogP contribution in [0.4, 0.5) is 0 Å². The first kappa shape index (κ1) is 20.8. The zero-order valence-electron chi connectivity index (χ0n) is 17.3. The van der Waals surface area contributed by atoms with Gasteiger partial charge in [0.1, 0.15) is 5.82 Å². The zero-order chi connectivity index (χ0) is 20.6. The number of benzene rings is 1. The van der Waals surface area contributed by atoms with Gasteiger partial charge in [-0.25, -0.2) is 17.7 Å². The molecule has 154 valence electrons. The fourth-order valence-electron chi connectivity index (χ4n) is 3.98. The predicted molar refractivity (Wildman–Crippen MR) is 109 cm³/mol. The molecule has 1 aliphatic heterocycles. The number of imidazole rings is 1. The van der Waals surface area contributed by atoms with E-state index in [1.54, 1.807) is 18.2 Å². The Balaban J connectivity index is 1.79. The van der Waals surface area contributed by atoms with E-state index in [0.717, 1.165) is 30.7 Å². The van der Waals surface area contributed by atoms with Crippen LogP contribution in [0, 0.1) is 5.92 Å². The fourth-order valence-corrected chi connectivity index (χ4v) is 4.90. The van der Waals surface area contributed by atoms with E-state index >= 15 is 0 Å². The van der Waals surface area contributed by atoms with Gasteiger partial charge in [-0.15, -0.1) is 0 Å². The Hall–Kier alpha value is -1.93. The number of amides is 1. The van der Waals surface area contributed by atoms with Gasteiger partial charge in [0.2, 0.25) is 15.9 Å². The highest BCUT2D eigenvalue weighted by Crippen LogP contribution is 2.25. The summed E-state index contributed by atoms with van der Waals surface area (Å²) in [5.41, 5.74) is 1.50. The van der Waals surface area contributed by atoms with Crippen molar-refractivity contribution in [2.75, 3.05) is 20.6 Å². The van der Waals surface area contributed by atoms with Gasteiger partial charge in [-0.1, -0.05) is 13.8 Å². The van der Waals surface area contributed by atoms with Crippen molar-refractivity contribution in [2.45, 2.75) is 50.5 Å². The average Bonchev–Trinajstić information content (AvgIpc) is 3.24. The molecular formula is C20H30N4O3S. The Morgan fingerprint density at radius 3 is 2.68 bits per heavy atom. The minimum atomic E-state index is -3.50. The summed E-state index contributed by atoms with van der Waals surface area (Å²) in [5.74, 6) is 1.45. The first-order chi connectivity index (χ1) is 13.1. The van der Waals surface area contributed by atoms with E-state index < -0.39 is 10.0 Å². The summed E-state index contributed by atoms with van der Waals surface area (Å²) in [6, 6.07) is 5.32. The SMILES string of the molecule is CC(C)C1CCCN1C(=O)CCc1nc2cc(S(=O)(=O)N(C)C)ccc2n1C. The Labute approximate surface area is 167 Å². The monoisotopic (exact) mass is 406 g/mol. The van der Waals surface area contributed by atoms with Crippen molar-refractivity contribution < 1.29 is 13.2 Å². The van der Waals surface area contributed by atoms with Crippen LogP contribution in [-0.2, 0) is 28.3 Å². The van der Waals surface area contributed by atoms with Gasteiger partial charge in [-0.2, -0.15) is 0 Å². The molecule has 3 rings (SSSR count). The smallest absolute Gasteiger partial charge is 0.242 e. The third-order valence-electron chi connectivity index (χ3n) is 5.68. The number of rotatable bonds is 6. The van der Waals surface area contributed by atoms with E-state index in [1.807, 2.05) is 16.5 Å². The predicted octanol–water partition coefficient (Wildman–Crippen LogP) is 2.40. The van der Waals surface area contributed by atoms with Crippen LogP contribution >= 0.6 is 0 Å². The molecule has 0 bridgehead atoms. The van der Waals surface area contributed by atoms with Crippen LogP contribution in [0.5, 0.6) is 0 Å². The maximum Gasteiger partial charge on any atom is 0.242 e. The van der Waals surface area contributed by atoms with Crippen LogP contribution in [-0.4, -0.2) is 59.8 Å². The maximum atomic E-state index is 12.7. The molecule has 0 aliphatic carbocycles. The molecule has 0 radical (unpaired) electrons. The Kier molecular flexibility index (Phi) is 5.82. The van der Waals surface area contributed by atoms with Gasteiger partial charge in [0, 0.05) is 46.6 Å². The maximum absolute atomic E-state index is 12.7. The van der Waals surface area contributed by atoms with E-state index in [0.29, 0.717) is 30.3 Å². The van der Waals surface area contributed by atoms with Crippen molar-refractivity contribution in [3.05, 3.63) is 24.0 Å². The molecule has 0 spiro atoms. The van der Waals surface area contributed by atoms with E-state index in [-0.39, 0.29) is 10.8 Å². The molecule has 1 unspecified atom stereocenters. The van der Waals surface area contributed by atoms with E-state index in [4.69, 9.17) is 0 Å². The molecule has 8 heteroatoms. The number of hydrogen-bond donors (Lipinski definition) is 0. The minimum Gasteiger partial charge on any atom is -0.339 e. The van der Waals surface area contributed by atoms with Gasteiger partial charge in [-0.05, 0) is 37.0 Å². The van der Waals surface area contributed by atoms with Crippen molar-refractivity contribution in [3.8, 4) is 0 Å². The lowest BCUT2D eigenvalue weighted by atomic mass is 10.0. The van der Waals surface area contributed by atoms with Gasteiger partial charge in [0.05, 0.1) is 15.9 Å². The summed E-state index contributed by atoms with van der Waals surface area (Å²) < 4.78 is 27.8. The van der Waals surface area contributed by atoms with Crippen molar-refractivity contribution in [3.63, 3.8) is 0 Å². The second kappa shape index (κ2) is 7.83. The summed E-state index contributed by atoms with van der Waals surface area (Å²) in [7, 11) is 1.43. The molecule has 7 nitrogen and oxygen atoms in total. The molecular weight excluding hydrogens is 376 g/mol. The Morgan fingerprint density at radius 2 is 2.04 bits per heavy atom. The molecule has 28 heavy (non-hydrogen) atoms. The van der Waals surface area contributed by atoms with E-state index in [9.17, 15) is 13.2 Å². The first-order valence-electron chi connectivity index (χ1n) is 9.80. The molecule has 0 N–H and O–H groups in total. The fraction of sp³-hybridized carbons (Fsp3) is 0.600. The molecule has 0 saturated carbocycles. The summed E-state index contributed by atoms with van der Waals surface area (Å²) in [6.45, 7) is 5.18. The lowest BCUT2D eigenvalue weighted by Gasteiger charge is -2.27. The van der Waals surface area contributed by atoms with Gasteiger partial charge in [-0.3, -0.25) is 4.79 Å². The van der Waals surface area contributed by atoms with E-state index in [1.165, 1.54) is 18.4 Å². The highest BCUT2D eigenvalue weighted by Gasteiger charge is 2.30. The van der Waals surface area contributed by atoms with Gasteiger partial charge in [0.25, 0.3) is 0 Å². The third-order valence-corrected chi connectivity index (χ3v) is 7.49. The number of nitrogens with zero attached hydrogens (tertiary/aromatic N) is 4. The highest BCUT2D eigenvalue weighted by atomic mass is 32.2. The zero-order valence-corrected chi connectivity index (χ0v) is 18.2. The summed E-state index contributed by atoms with van der Waals surface area (Å²) in [5, 5.41) is 0. The van der Waals surface area contributed by atoms with Crippen molar-refractivity contribution in [1.82, 2.24) is 18.8 Å². The van der Waals surface area contributed by atoms with Crippen LogP contribution in [0.1, 0.15) is 38.9 Å². The number of carbonyl (C=O) groups is 1. The summed E-state index contributed by atoms with van der Waals surface area (Å²) in [6.07, 6.45) is 3.12. The molecule has 1 aliphatic rings. The average molecular weight is 407 g/mol. The van der Waals surface area contributed by atoms with Crippen LogP contribution in [0.2, 0.25) is 0 Å². The highest BCUT2D eigenvalue weighted by molar-refractivity contribution is 7.89. The molecule has 1 aromatic carbocycles. The lowest BCUT2D eigenvalue weighted by molar-refractivity contribution is -0.132. The second-order valence-corrected chi connectivity index (χ2v) is 10.2. The van der Waals surface area contributed by atoms with Crippen molar-refractivity contribution >= 4 is 27.0 Å². The minimum absolute atomic E-state index is 0.180. The topological polar surface area (TPSA) is 75.5 Å². The summed E-state index contributed by atoms with van der Waals surface area (Å²) >= 11 is 0. The van der Waals surface area contributed by atoms with Crippen LogP contribution in [0.15, 0.2) is 23.1 Å². The Morgan fingerprint density at radius 1 is 1.32 bits per heavy atom. The van der Waals surface area contributed by atoms with Gasteiger partial charge in [0.15, 0.2) is 0 Å². The molecule has 2 heterocycles. The number of aromatic nitrogens is 2. The quantitative estimate of drug-likeness (QED) is 0.738. The van der Waals surface area contributed by atoms with Crippen molar-refractivity contribution in [2.24, 2.45) is 13.0 Å². The molecule has 1 fully saturated rings. The number of hydrogen-bond acceptors (Lipinski definition) is 4. The number of fused-ring (bicyclic) bond motifs is 1. The third kappa shape index (κ3) is 3.80. The number of likely N-dealkylation sites (tertiary alicyclic amines) is 1. The first-order valence-corrected chi connectivity index (χ1v) is 11.2. The molecule has 1 amide bonds.